The first-order valence-electron chi connectivity index (χ1n) is 10.7. The van der Waals surface area contributed by atoms with Crippen molar-refractivity contribution in [3.63, 3.8) is 0 Å². The number of hydrogen-bond acceptors (Lipinski definition) is 4. The molecule has 166 valence electrons. The molecule has 2 fully saturated rings. The van der Waals surface area contributed by atoms with Crippen LogP contribution in [0.5, 0.6) is 0 Å². The highest BCUT2D eigenvalue weighted by Gasteiger charge is 2.60. The lowest BCUT2D eigenvalue weighted by Gasteiger charge is -2.25. The van der Waals surface area contributed by atoms with Gasteiger partial charge in [0, 0.05) is 10.0 Å². The van der Waals surface area contributed by atoms with E-state index in [1.165, 1.54) is 9.91 Å². The van der Waals surface area contributed by atoms with Crippen LogP contribution in [0, 0.1) is 19.8 Å². The van der Waals surface area contributed by atoms with Crippen molar-refractivity contribution < 1.29 is 14.4 Å². The van der Waals surface area contributed by atoms with E-state index in [4.69, 9.17) is 0 Å². The van der Waals surface area contributed by atoms with Crippen molar-refractivity contribution in [1.82, 2.24) is 10.4 Å². The highest BCUT2D eigenvalue weighted by Crippen LogP contribution is 2.43. The summed E-state index contributed by atoms with van der Waals surface area (Å²) in [6.45, 7) is 3.88. The van der Waals surface area contributed by atoms with E-state index in [-0.39, 0.29) is 11.8 Å². The Bertz CT molecular complexity index is 1290. The van der Waals surface area contributed by atoms with Gasteiger partial charge in [-0.25, -0.2) is 10.3 Å². The average molecular weight is 504 g/mol. The molecule has 3 aromatic rings. The molecule has 0 aromatic heterocycles. The number of hydrazine groups is 1. The fourth-order valence-electron chi connectivity index (χ4n) is 4.75. The number of fused-ring (bicyclic) bond motifs is 1. The molecule has 0 saturated carbocycles. The Kier molecular flexibility index (Phi) is 5.38. The van der Waals surface area contributed by atoms with Crippen molar-refractivity contribution in [2.45, 2.75) is 25.9 Å². The van der Waals surface area contributed by atoms with Crippen molar-refractivity contribution in [1.29, 1.82) is 0 Å². The topological polar surface area (TPSA) is 69.7 Å². The normalized spacial score (nSPS) is 22.1. The van der Waals surface area contributed by atoms with Crippen molar-refractivity contribution in [2.75, 3.05) is 4.90 Å². The van der Waals surface area contributed by atoms with Gasteiger partial charge in [0.05, 0.1) is 17.6 Å². The Hall–Kier alpha value is -3.29. The van der Waals surface area contributed by atoms with E-state index < -0.39 is 23.9 Å². The second-order valence-electron chi connectivity index (χ2n) is 8.47. The van der Waals surface area contributed by atoms with Crippen LogP contribution in [0.4, 0.5) is 5.69 Å². The first-order valence-corrected chi connectivity index (χ1v) is 11.5. The fraction of sp³-hybridized carbons (Fsp3) is 0.192. The third-order valence-electron chi connectivity index (χ3n) is 6.31. The van der Waals surface area contributed by atoms with Crippen LogP contribution in [0.3, 0.4) is 0 Å². The van der Waals surface area contributed by atoms with Gasteiger partial charge in [-0.2, -0.15) is 0 Å². The minimum atomic E-state index is -0.936. The number of amides is 3. The molecular weight excluding hydrogens is 482 g/mol. The van der Waals surface area contributed by atoms with E-state index in [0.29, 0.717) is 11.3 Å². The summed E-state index contributed by atoms with van der Waals surface area (Å²) in [5.41, 5.74) is 6.99. The van der Waals surface area contributed by atoms with Gasteiger partial charge in [-0.05, 0) is 60.9 Å². The van der Waals surface area contributed by atoms with Crippen molar-refractivity contribution >= 4 is 39.3 Å². The lowest BCUT2D eigenvalue weighted by Crippen LogP contribution is -2.48. The molecule has 2 aliphatic heterocycles. The number of hydrogen-bond donors (Lipinski definition) is 1. The number of carbonyl (C=O) groups is 3. The summed E-state index contributed by atoms with van der Waals surface area (Å²) >= 11 is 3.40. The van der Waals surface area contributed by atoms with Crippen molar-refractivity contribution in [3.8, 4) is 0 Å². The number of carbonyl (C=O) groups excluding carboxylic acids is 3. The summed E-state index contributed by atoms with van der Waals surface area (Å²) in [4.78, 5) is 42.1. The molecule has 1 N–H and O–H groups in total. The Labute approximate surface area is 200 Å². The molecule has 2 saturated heterocycles. The zero-order valence-corrected chi connectivity index (χ0v) is 19.7. The molecule has 3 aromatic carbocycles. The largest absolute Gasteiger partial charge is 0.274 e. The number of nitrogens with zero attached hydrogens (tertiary/aromatic N) is 2. The van der Waals surface area contributed by atoms with Crippen molar-refractivity contribution in [2.24, 2.45) is 5.92 Å². The van der Waals surface area contributed by atoms with Crippen LogP contribution in [-0.4, -0.2) is 28.8 Å². The Morgan fingerprint density at radius 2 is 1.67 bits per heavy atom. The average Bonchev–Trinajstić information content (AvgIpc) is 3.30. The molecule has 3 amide bonds. The van der Waals surface area contributed by atoms with E-state index in [2.05, 4.69) is 21.4 Å². The fourth-order valence-corrected chi connectivity index (χ4v) is 5.15. The van der Waals surface area contributed by atoms with Crippen LogP contribution in [0.25, 0.3) is 0 Å². The number of anilines is 1. The number of halogens is 1. The number of imide groups is 1. The maximum atomic E-state index is 13.7. The summed E-state index contributed by atoms with van der Waals surface area (Å²) in [7, 11) is 0. The van der Waals surface area contributed by atoms with E-state index in [1.54, 1.807) is 24.3 Å². The number of aryl methyl sites for hydroxylation is 2. The van der Waals surface area contributed by atoms with E-state index in [0.717, 1.165) is 21.2 Å². The Balaban J connectivity index is 1.61. The third kappa shape index (κ3) is 3.57. The number of rotatable bonds is 3. The van der Waals surface area contributed by atoms with Crippen LogP contribution in [0.15, 0.2) is 77.3 Å². The number of nitrogens with one attached hydrogen (secondary N) is 1. The molecular formula is C26H22BrN3O3. The van der Waals surface area contributed by atoms with Gasteiger partial charge in [0.25, 0.3) is 11.8 Å². The Morgan fingerprint density at radius 3 is 2.39 bits per heavy atom. The monoisotopic (exact) mass is 503 g/mol. The molecule has 6 nitrogen and oxygen atoms in total. The standard InChI is InChI=1S/C26H22BrN3O3/c1-15-7-5-11-19(13-15)29-25(32)21-22(20-12-4-3-8-16(20)2)28-30(23(21)26(29)33)24(31)17-9-6-10-18(27)14-17/h3-14,21-23,28H,1-2H3. The van der Waals surface area contributed by atoms with Crippen LogP contribution in [0.2, 0.25) is 0 Å². The summed E-state index contributed by atoms with van der Waals surface area (Å²) in [5.74, 6) is -1.78. The van der Waals surface area contributed by atoms with Gasteiger partial charge in [0.2, 0.25) is 5.91 Å². The first kappa shape index (κ1) is 21.6. The highest BCUT2D eigenvalue weighted by atomic mass is 79.9. The predicted molar refractivity (Wildman–Crippen MR) is 128 cm³/mol. The zero-order valence-electron chi connectivity index (χ0n) is 18.2. The minimum Gasteiger partial charge on any atom is -0.274 e. The van der Waals surface area contributed by atoms with E-state index in [1.807, 2.05) is 62.4 Å². The maximum absolute atomic E-state index is 13.7. The van der Waals surface area contributed by atoms with Gasteiger partial charge in [-0.3, -0.25) is 19.4 Å². The number of benzene rings is 3. The molecule has 0 spiro atoms. The molecule has 33 heavy (non-hydrogen) atoms. The molecule has 2 aliphatic rings. The molecule has 0 radical (unpaired) electrons. The smallest absolute Gasteiger partial charge is 0.268 e. The molecule has 3 atom stereocenters. The SMILES string of the molecule is Cc1cccc(N2C(=O)C3C(c4ccccc4C)NN(C(=O)c4cccc(Br)c4)C3C2=O)c1. The molecule has 0 aliphatic carbocycles. The van der Waals surface area contributed by atoms with Gasteiger partial charge in [0.1, 0.15) is 6.04 Å². The predicted octanol–water partition coefficient (Wildman–Crippen LogP) is 4.33. The molecule has 2 heterocycles. The van der Waals surface area contributed by atoms with Crippen LogP contribution < -0.4 is 10.3 Å². The third-order valence-corrected chi connectivity index (χ3v) is 6.80. The lowest BCUT2D eigenvalue weighted by atomic mass is 9.88. The summed E-state index contributed by atoms with van der Waals surface area (Å²) in [5, 5.41) is 1.35. The zero-order chi connectivity index (χ0) is 23.3. The van der Waals surface area contributed by atoms with Crippen molar-refractivity contribution in [3.05, 3.63) is 99.5 Å². The quantitative estimate of drug-likeness (QED) is 0.540. The molecule has 7 heteroatoms. The lowest BCUT2D eigenvalue weighted by molar-refractivity contribution is -0.123. The van der Waals surface area contributed by atoms with E-state index >= 15 is 0 Å². The summed E-state index contributed by atoms with van der Waals surface area (Å²) < 4.78 is 0.759. The van der Waals surface area contributed by atoms with Gasteiger partial charge in [-0.15, -0.1) is 0 Å². The van der Waals surface area contributed by atoms with Crippen LogP contribution >= 0.6 is 15.9 Å². The van der Waals surface area contributed by atoms with Crippen LogP contribution in [0.1, 0.15) is 33.1 Å². The maximum Gasteiger partial charge on any atom is 0.268 e. The summed E-state index contributed by atoms with van der Waals surface area (Å²) in [6.07, 6.45) is 0. The van der Waals surface area contributed by atoms with Gasteiger partial charge >= 0.3 is 0 Å². The molecule has 0 bridgehead atoms. The minimum absolute atomic E-state index is 0.305. The second kappa shape index (κ2) is 8.24. The highest BCUT2D eigenvalue weighted by molar-refractivity contribution is 9.10. The second-order valence-corrected chi connectivity index (χ2v) is 9.39. The van der Waals surface area contributed by atoms with Crippen LogP contribution in [-0.2, 0) is 9.59 Å². The first-order chi connectivity index (χ1) is 15.9. The van der Waals surface area contributed by atoms with Gasteiger partial charge in [-0.1, -0.05) is 58.4 Å². The molecule has 3 unspecified atom stereocenters. The molecule has 5 rings (SSSR count). The van der Waals surface area contributed by atoms with Gasteiger partial charge < -0.3 is 0 Å². The Morgan fingerprint density at radius 1 is 0.909 bits per heavy atom. The summed E-state index contributed by atoms with van der Waals surface area (Å²) in [6, 6.07) is 20.6. The van der Waals surface area contributed by atoms with Gasteiger partial charge in [0.15, 0.2) is 0 Å². The van der Waals surface area contributed by atoms with E-state index in [9.17, 15) is 14.4 Å².